The summed E-state index contributed by atoms with van der Waals surface area (Å²) in [5, 5.41) is 6.46. The highest BCUT2D eigenvalue weighted by Crippen LogP contribution is 2.30. The van der Waals surface area contributed by atoms with E-state index in [-0.39, 0.29) is 11.9 Å². The summed E-state index contributed by atoms with van der Waals surface area (Å²) in [5.74, 6) is 3.13. The van der Waals surface area contributed by atoms with Crippen LogP contribution in [0.5, 0.6) is 5.75 Å². The highest BCUT2D eigenvalue weighted by Gasteiger charge is 2.20. The van der Waals surface area contributed by atoms with Crippen LogP contribution in [-0.4, -0.2) is 36.1 Å². The smallest absolute Gasteiger partial charge is 0.225 e. The molecule has 0 bridgehead atoms. The summed E-state index contributed by atoms with van der Waals surface area (Å²) in [6, 6.07) is 6.20. The van der Waals surface area contributed by atoms with Crippen LogP contribution in [0.1, 0.15) is 37.7 Å². The standard InChI is InChI=1S/C18H26N2O2S/c1-13-16(20-18(21)11-14-12-23-10-9-19-14)7-4-8-17(13)22-15-5-2-3-6-15/h4,7-8,14-15,19H,2-3,5-6,9-12H2,1H3,(H,20,21)/t14-/m0/s1. The Morgan fingerprint density at radius 2 is 2.22 bits per heavy atom. The average molecular weight is 334 g/mol. The fraction of sp³-hybridized carbons (Fsp3) is 0.611. The van der Waals surface area contributed by atoms with Crippen molar-refractivity contribution >= 4 is 23.4 Å². The first-order chi connectivity index (χ1) is 11.2. The first-order valence-electron chi connectivity index (χ1n) is 8.59. The number of hydrogen-bond donors (Lipinski definition) is 2. The Bertz CT molecular complexity index is 538. The van der Waals surface area contributed by atoms with Crippen molar-refractivity contribution in [3.05, 3.63) is 23.8 Å². The van der Waals surface area contributed by atoms with Gasteiger partial charge < -0.3 is 15.4 Å². The first-order valence-corrected chi connectivity index (χ1v) is 9.75. The van der Waals surface area contributed by atoms with Crippen LogP contribution >= 0.6 is 11.8 Å². The molecule has 2 N–H and O–H groups in total. The van der Waals surface area contributed by atoms with E-state index in [0.29, 0.717) is 12.5 Å². The Morgan fingerprint density at radius 1 is 1.39 bits per heavy atom. The molecule has 0 aromatic heterocycles. The molecule has 0 spiro atoms. The van der Waals surface area contributed by atoms with Crippen LogP contribution in [0.3, 0.4) is 0 Å². The molecule has 1 aliphatic heterocycles. The number of amides is 1. The van der Waals surface area contributed by atoms with Gasteiger partial charge in [-0.3, -0.25) is 4.79 Å². The van der Waals surface area contributed by atoms with Crippen molar-refractivity contribution in [3.8, 4) is 5.75 Å². The van der Waals surface area contributed by atoms with Crippen molar-refractivity contribution in [3.63, 3.8) is 0 Å². The van der Waals surface area contributed by atoms with Gasteiger partial charge in [0.25, 0.3) is 0 Å². The van der Waals surface area contributed by atoms with Crippen LogP contribution in [-0.2, 0) is 4.79 Å². The number of nitrogens with one attached hydrogen (secondary N) is 2. The van der Waals surface area contributed by atoms with Crippen LogP contribution in [0, 0.1) is 6.92 Å². The number of carbonyl (C=O) groups is 1. The molecule has 4 nitrogen and oxygen atoms in total. The van der Waals surface area contributed by atoms with Crippen molar-refractivity contribution in [1.29, 1.82) is 0 Å². The number of thioether (sulfide) groups is 1. The van der Waals surface area contributed by atoms with Crippen LogP contribution < -0.4 is 15.4 Å². The molecule has 5 heteroatoms. The van der Waals surface area contributed by atoms with Crippen LogP contribution in [0.2, 0.25) is 0 Å². The zero-order valence-corrected chi connectivity index (χ0v) is 14.6. The van der Waals surface area contributed by atoms with Crippen LogP contribution in [0.4, 0.5) is 5.69 Å². The summed E-state index contributed by atoms with van der Waals surface area (Å²) in [4.78, 5) is 12.3. The molecule has 1 atom stereocenters. The SMILES string of the molecule is Cc1c(NC(=O)C[C@H]2CSCCN2)cccc1OC1CCCC1. The van der Waals surface area contributed by atoms with Crippen molar-refractivity contribution in [2.24, 2.45) is 0 Å². The Labute approximate surface area is 142 Å². The van der Waals surface area contributed by atoms with Gasteiger partial charge >= 0.3 is 0 Å². The molecule has 0 unspecified atom stereocenters. The van der Waals surface area contributed by atoms with Gasteiger partial charge in [0.15, 0.2) is 0 Å². The second-order valence-corrected chi connectivity index (χ2v) is 7.58. The van der Waals surface area contributed by atoms with Gasteiger partial charge in [0.05, 0.1) is 6.10 Å². The maximum atomic E-state index is 12.3. The van der Waals surface area contributed by atoms with Crippen LogP contribution in [0.25, 0.3) is 0 Å². The van der Waals surface area contributed by atoms with Crippen molar-refractivity contribution in [2.45, 2.75) is 51.2 Å². The zero-order chi connectivity index (χ0) is 16.1. The number of carbonyl (C=O) groups excluding carboxylic acids is 1. The molecular weight excluding hydrogens is 308 g/mol. The van der Waals surface area contributed by atoms with Gasteiger partial charge in [-0.2, -0.15) is 11.8 Å². The monoisotopic (exact) mass is 334 g/mol. The van der Waals surface area contributed by atoms with E-state index in [2.05, 4.69) is 10.6 Å². The van der Waals surface area contributed by atoms with Gasteiger partial charge in [0.2, 0.25) is 5.91 Å². The lowest BCUT2D eigenvalue weighted by Gasteiger charge is -2.23. The first kappa shape index (κ1) is 16.7. The molecule has 126 valence electrons. The minimum atomic E-state index is 0.0751. The van der Waals surface area contributed by atoms with Gasteiger partial charge in [0, 0.05) is 41.8 Å². The Hall–Kier alpha value is -1.20. The van der Waals surface area contributed by atoms with Crippen molar-refractivity contribution in [2.75, 3.05) is 23.4 Å². The summed E-state index contributed by atoms with van der Waals surface area (Å²) in [6.07, 6.45) is 5.66. The molecular formula is C18H26N2O2S. The molecule has 1 amide bonds. The normalized spacial score (nSPS) is 22.0. The second-order valence-electron chi connectivity index (χ2n) is 6.43. The largest absolute Gasteiger partial charge is 0.490 e. The number of benzene rings is 1. The molecule has 2 fully saturated rings. The van der Waals surface area contributed by atoms with Gasteiger partial charge in [-0.05, 0) is 44.7 Å². The molecule has 1 heterocycles. The van der Waals surface area contributed by atoms with E-state index in [4.69, 9.17) is 4.74 Å². The Balaban J connectivity index is 1.59. The predicted octanol–water partition coefficient (Wildman–Crippen LogP) is 3.35. The van der Waals surface area contributed by atoms with Gasteiger partial charge in [0.1, 0.15) is 5.75 Å². The van der Waals surface area contributed by atoms with E-state index in [1.807, 2.05) is 36.9 Å². The molecule has 1 saturated carbocycles. The summed E-state index contributed by atoms with van der Waals surface area (Å²) in [5.41, 5.74) is 1.90. The maximum Gasteiger partial charge on any atom is 0.225 e. The van der Waals surface area contributed by atoms with E-state index in [9.17, 15) is 4.79 Å². The third kappa shape index (κ3) is 4.64. The van der Waals surface area contributed by atoms with E-state index in [0.717, 1.165) is 47.9 Å². The summed E-state index contributed by atoms with van der Waals surface area (Å²) in [7, 11) is 0. The van der Waals surface area contributed by atoms with Gasteiger partial charge in [-0.15, -0.1) is 0 Å². The maximum absolute atomic E-state index is 12.3. The lowest BCUT2D eigenvalue weighted by molar-refractivity contribution is -0.116. The minimum absolute atomic E-state index is 0.0751. The zero-order valence-electron chi connectivity index (χ0n) is 13.8. The lowest BCUT2D eigenvalue weighted by atomic mass is 10.1. The molecule has 3 rings (SSSR count). The quantitative estimate of drug-likeness (QED) is 0.867. The summed E-state index contributed by atoms with van der Waals surface area (Å²) in [6.45, 7) is 3.01. The number of rotatable bonds is 5. The topological polar surface area (TPSA) is 50.4 Å². The van der Waals surface area contributed by atoms with E-state index in [1.165, 1.54) is 12.8 Å². The third-order valence-corrected chi connectivity index (χ3v) is 5.72. The van der Waals surface area contributed by atoms with Gasteiger partial charge in [-0.25, -0.2) is 0 Å². The van der Waals surface area contributed by atoms with Gasteiger partial charge in [-0.1, -0.05) is 6.07 Å². The second kappa shape index (κ2) is 8.06. The van der Waals surface area contributed by atoms with E-state index >= 15 is 0 Å². The van der Waals surface area contributed by atoms with E-state index in [1.54, 1.807) is 0 Å². The number of anilines is 1. The average Bonchev–Trinajstić information content (AvgIpc) is 3.05. The molecule has 0 radical (unpaired) electrons. The number of ether oxygens (including phenoxy) is 1. The molecule has 23 heavy (non-hydrogen) atoms. The molecule has 1 saturated heterocycles. The van der Waals surface area contributed by atoms with E-state index < -0.39 is 0 Å². The molecule has 1 aromatic carbocycles. The third-order valence-electron chi connectivity index (χ3n) is 4.58. The summed E-state index contributed by atoms with van der Waals surface area (Å²) < 4.78 is 6.11. The highest BCUT2D eigenvalue weighted by atomic mass is 32.2. The minimum Gasteiger partial charge on any atom is -0.490 e. The fourth-order valence-corrected chi connectivity index (χ4v) is 4.19. The highest BCUT2D eigenvalue weighted by molar-refractivity contribution is 7.99. The summed E-state index contributed by atoms with van der Waals surface area (Å²) >= 11 is 1.91. The fourth-order valence-electron chi connectivity index (χ4n) is 3.24. The molecule has 1 aromatic rings. The van der Waals surface area contributed by atoms with Crippen LogP contribution in [0.15, 0.2) is 18.2 Å². The predicted molar refractivity (Wildman–Crippen MR) is 96.4 cm³/mol. The Morgan fingerprint density at radius 3 is 2.96 bits per heavy atom. The molecule has 1 aliphatic carbocycles. The van der Waals surface area contributed by atoms with Crippen molar-refractivity contribution < 1.29 is 9.53 Å². The number of hydrogen-bond acceptors (Lipinski definition) is 4. The molecule has 2 aliphatic rings. The van der Waals surface area contributed by atoms with Crippen molar-refractivity contribution in [1.82, 2.24) is 5.32 Å². The lowest BCUT2D eigenvalue weighted by Crippen LogP contribution is -2.39. The Kier molecular flexibility index (Phi) is 5.84.